The molecule has 5 N–H and O–H groups in total. The van der Waals surface area contributed by atoms with E-state index in [2.05, 4.69) is 57.5 Å². The van der Waals surface area contributed by atoms with E-state index >= 15 is 0 Å². The second-order valence-corrected chi connectivity index (χ2v) is 22.2. The number of rotatable bonds is 15. The third kappa shape index (κ3) is 10.6. The van der Waals surface area contributed by atoms with E-state index in [1.165, 1.54) is 4.90 Å². The van der Waals surface area contributed by atoms with Gasteiger partial charge in [0.15, 0.2) is 17.4 Å². The summed E-state index contributed by atoms with van der Waals surface area (Å²) in [5.41, 5.74) is 14.5. The van der Waals surface area contributed by atoms with Crippen molar-refractivity contribution in [3.8, 4) is 33.3 Å². The second kappa shape index (κ2) is 21.4. The average Bonchev–Trinajstić information content (AvgIpc) is 4.09. The Kier molecular flexibility index (Phi) is 14.4. The van der Waals surface area contributed by atoms with E-state index in [0.717, 1.165) is 104 Å². The Hall–Kier alpha value is -6.83. The van der Waals surface area contributed by atoms with Gasteiger partial charge in [-0.3, -0.25) is 9.59 Å². The minimum atomic E-state index is -0.817. The first kappa shape index (κ1) is 50.3. The number of carbonyl (C=O) groups excluding carboxylic acids is 2. The Morgan fingerprint density at radius 1 is 0.867 bits per heavy atom. The molecule has 6 aromatic rings. The third-order valence-electron chi connectivity index (χ3n) is 16.0. The number of likely N-dealkylation sites (tertiary alicyclic amines) is 1. The third-order valence-corrected chi connectivity index (χ3v) is 17.0. The SMILES string of the molecule is Cc1ncsc1-c1ccc([C@H](C)NC(=O)[C@@H]2C[C@@H](O)CN2C(=O)C(c2cc(N3CCC(OC4CC(Oc5cc(N6CC7CCC[C@H]6CN7c6cc(-c7ccccc7O)nnc6N)ccn5)C4)CC3)no2)C(C)C)cc1. The van der Waals surface area contributed by atoms with Crippen molar-refractivity contribution in [2.24, 2.45) is 5.92 Å². The van der Waals surface area contributed by atoms with E-state index in [9.17, 15) is 19.8 Å². The van der Waals surface area contributed by atoms with E-state index in [1.807, 2.05) is 87.9 Å². The Morgan fingerprint density at radius 3 is 2.37 bits per heavy atom. The van der Waals surface area contributed by atoms with Gasteiger partial charge in [0.05, 0.1) is 51.8 Å². The molecule has 12 rings (SSSR count). The number of nitrogen functional groups attached to an aromatic ring is 1. The number of piperidine rings is 1. The molecular formula is C56H67N11O7S. The number of aryl methyl sites for hydroxylation is 1. The number of phenols is 1. The number of piperazine rings is 1. The van der Waals surface area contributed by atoms with Gasteiger partial charge in [-0.2, -0.15) is 0 Å². The predicted molar refractivity (Wildman–Crippen MR) is 287 cm³/mol. The maximum atomic E-state index is 14.4. The zero-order valence-corrected chi connectivity index (χ0v) is 43.8. The quantitative estimate of drug-likeness (QED) is 0.0775. The number of para-hydroxylation sites is 1. The van der Waals surface area contributed by atoms with Gasteiger partial charge in [-0.05, 0) is 87.3 Å². The molecule has 6 fully saturated rings. The molecule has 2 bridgehead atoms. The number of phenolic OH excluding ortho intramolecular Hbond substituents is 1. The molecule has 5 aliphatic heterocycles. The Morgan fingerprint density at radius 2 is 1.63 bits per heavy atom. The van der Waals surface area contributed by atoms with Gasteiger partial charge in [-0.1, -0.05) is 55.4 Å². The topological polar surface area (TPSA) is 222 Å². The summed E-state index contributed by atoms with van der Waals surface area (Å²) < 4.78 is 19.0. The van der Waals surface area contributed by atoms with Crippen LogP contribution in [-0.2, 0) is 14.3 Å². The van der Waals surface area contributed by atoms with Gasteiger partial charge in [-0.15, -0.1) is 21.5 Å². The molecule has 394 valence electrons. The summed E-state index contributed by atoms with van der Waals surface area (Å²) in [5, 5.41) is 37.5. The van der Waals surface area contributed by atoms with Crippen LogP contribution in [0.3, 0.4) is 0 Å². The number of amides is 2. The maximum Gasteiger partial charge on any atom is 0.243 e. The van der Waals surface area contributed by atoms with Gasteiger partial charge < -0.3 is 54.9 Å². The number of hydrogen-bond donors (Lipinski definition) is 4. The summed E-state index contributed by atoms with van der Waals surface area (Å²) in [5.74, 6) is 0.903. The highest BCUT2D eigenvalue weighted by molar-refractivity contribution is 7.13. The molecule has 6 atom stereocenters. The number of nitrogens with two attached hydrogens (primary N) is 1. The van der Waals surface area contributed by atoms with Gasteiger partial charge in [0, 0.05) is 93.7 Å². The van der Waals surface area contributed by atoms with Gasteiger partial charge >= 0.3 is 0 Å². The van der Waals surface area contributed by atoms with Gasteiger partial charge in [0.1, 0.15) is 23.8 Å². The van der Waals surface area contributed by atoms with Crippen LogP contribution in [0.15, 0.2) is 89.0 Å². The number of aromatic nitrogens is 5. The highest BCUT2D eigenvalue weighted by Crippen LogP contribution is 2.40. The number of benzene rings is 2. The number of carbonyl (C=O) groups is 2. The summed E-state index contributed by atoms with van der Waals surface area (Å²) in [6.07, 6.45) is 7.88. The fourth-order valence-corrected chi connectivity index (χ4v) is 12.6. The smallest absolute Gasteiger partial charge is 0.243 e. The highest BCUT2D eigenvalue weighted by atomic mass is 32.1. The fraction of sp³-hybridized carbons (Fsp3) is 0.482. The number of ether oxygens (including phenoxy) is 2. The number of thiazole rings is 1. The lowest BCUT2D eigenvalue weighted by molar-refractivity contribution is -0.141. The molecule has 2 aromatic carbocycles. The molecular weight excluding hydrogens is 971 g/mol. The lowest BCUT2D eigenvalue weighted by Crippen LogP contribution is -2.57. The number of aromatic hydroxyl groups is 1. The largest absolute Gasteiger partial charge is 0.507 e. The zero-order valence-electron chi connectivity index (χ0n) is 43.0. The Labute approximate surface area is 441 Å². The second-order valence-electron chi connectivity index (χ2n) is 21.4. The molecule has 75 heavy (non-hydrogen) atoms. The molecule has 19 heteroatoms. The van der Waals surface area contributed by atoms with Crippen molar-refractivity contribution in [1.82, 2.24) is 35.5 Å². The number of nitrogens with one attached hydrogen (secondary N) is 1. The fourth-order valence-electron chi connectivity index (χ4n) is 11.8. The predicted octanol–water partition coefficient (Wildman–Crippen LogP) is 7.67. The van der Waals surface area contributed by atoms with Crippen LogP contribution in [0.2, 0.25) is 0 Å². The van der Waals surface area contributed by atoms with Crippen LogP contribution < -0.4 is 30.5 Å². The van der Waals surface area contributed by atoms with Crippen LogP contribution in [0.25, 0.3) is 21.7 Å². The van der Waals surface area contributed by atoms with Crippen LogP contribution in [0.5, 0.6) is 11.6 Å². The molecule has 6 aliphatic rings. The zero-order chi connectivity index (χ0) is 51.9. The highest BCUT2D eigenvalue weighted by Gasteiger charge is 2.44. The number of pyridine rings is 1. The van der Waals surface area contributed by atoms with Crippen molar-refractivity contribution >= 4 is 46.2 Å². The van der Waals surface area contributed by atoms with E-state index < -0.39 is 18.1 Å². The molecule has 0 radical (unpaired) electrons. The number of nitrogens with zero attached hydrogens (tertiary/aromatic N) is 9. The number of fused-ring (bicyclic) bond motifs is 4. The van der Waals surface area contributed by atoms with Gasteiger partial charge in [0.2, 0.25) is 17.7 Å². The number of hydrogen-bond acceptors (Lipinski definition) is 17. The molecule has 5 saturated heterocycles. The van der Waals surface area contributed by atoms with Crippen molar-refractivity contribution in [2.45, 2.75) is 134 Å². The molecule has 9 heterocycles. The van der Waals surface area contributed by atoms with Crippen molar-refractivity contribution in [3.63, 3.8) is 0 Å². The van der Waals surface area contributed by atoms with E-state index in [4.69, 9.17) is 19.7 Å². The molecule has 18 nitrogen and oxygen atoms in total. The van der Waals surface area contributed by atoms with Crippen molar-refractivity contribution in [2.75, 3.05) is 53.2 Å². The molecule has 1 saturated carbocycles. The summed E-state index contributed by atoms with van der Waals surface area (Å²) in [6.45, 7) is 11.0. The normalized spacial score (nSPS) is 23.8. The first-order valence-corrected chi connectivity index (χ1v) is 27.4. The van der Waals surface area contributed by atoms with Crippen LogP contribution in [0, 0.1) is 12.8 Å². The Balaban J connectivity index is 0.646. The lowest BCUT2D eigenvalue weighted by Gasteiger charge is -2.46. The molecule has 1 aliphatic carbocycles. The summed E-state index contributed by atoms with van der Waals surface area (Å²) in [7, 11) is 0. The monoisotopic (exact) mass is 1040 g/mol. The molecule has 0 spiro atoms. The maximum absolute atomic E-state index is 14.4. The van der Waals surface area contributed by atoms with Crippen LogP contribution in [0.1, 0.15) is 101 Å². The lowest BCUT2D eigenvalue weighted by atomic mass is 9.91. The average molecular weight is 1040 g/mol. The standard InChI is InChI=1S/C56H67N11O7S/c1-32(2)52(56(71)67-30-40(68)23-47(67)55(70)60-33(3)35-12-14-36(15-13-35)53-34(4)59-31-75-53)49-27-50(63-74-49)64-20-17-41(18-21-64)72-42-24-43(25-42)73-51-22-37(16-19-58-51)65-28-39-9-7-8-38(65)29-66(39)46-26-45(61-62-54(46)57)44-10-5-6-11-48(44)69/h5-6,10-16,19,22,26-27,31-33,38-43,47,52,68-69H,7-9,17-18,20-21,23-25,28-30H2,1-4H3,(H2,57,62)(H,60,70)/t33-,38-,39?,40+,42?,43?,47-,52?/m0/s1. The van der Waals surface area contributed by atoms with Crippen LogP contribution >= 0.6 is 11.3 Å². The van der Waals surface area contributed by atoms with Gasteiger partial charge in [0.25, 0.3) is 0 Å². The van der Waals surface area contributed by atoms with Crippen molar-refractivity contribution in [1.29, 1.82) is 0 Å². The first-order chi connectivity index (χ1) is 36.3. The van der Waals surface area contributed by atoms with Gasteiger partial charge in [-0.25, -0.2) is 9.97 Å². The molecule has 4 aromatic heterocycles. The summed E-state index contributed by atoms with van der Waals surface area (Å²) >= 11 is 1.59. The first-order valence-electron chi connectivity index (χ1n) is 26.6. The summed E-state index contributed by atoms with van der Waals surface area (Å²) in [4.78, 5) is 46.9. The summed E-state index contributed by atoms with van der Waals surface area (Å²) in [6, 6.07) is 22.6. The molecule has 2 unspecified atom stereocenters. The number of β-amino-alcohol motifs (C(OH)–C–C–N with tert-alkyl or cyclic N) is 1. The number of aliphatic hydroxyl groups is 1. The van der Waals surface area contributed by atoms with Crippen LogP contribution in [-0.4, -0.2) is 128 Å². The minimum absolute atomic E-state index is 0.0270. The van der Waals surface area contributed by atoms with E-state index in [-0.39, 0.29) is 72.9 Å². The molecule has 2 amide bonds. The Bertz CT molecular complexity index is 2970. The number of aliphatic hydroxyl groups excluding tert-OH is 1. The van der Waals surface area contributed by atoms with Crippen molar-refractivity contribution in [3.05, 3.63) is 102 Å². The van der Waals surface area contributed by atoms with E-state index in [0.29, 0.717) is 34.5 Å². The van der Waals surface area contributed by atoms with E-state index in [1.54, 1.807) is 23.5 Å². The number of anilines is 4. The van der Waals surface area contributed by atoms with Crippen LogP contribution in [0.4, 0.5) is 23.0 Å². The van der Waals surface area contributed by atoms with Crippen molar-refractivity contribution < 1.29 is 33.8 Å². The minimum Gasteiger partial charge on any atom is -0.507 e.